The molecule has 1 aromatic rings. The van der Waals surface area contributed by atoms with Crippen LogP contribution in [0.3, 0.4) is 0 Å². The van der Waals surface area contributed by atoms with Crippen molar-refractivity contribution >= 4 is 21.9 Å². The van der Waals surface area contributed by atoms with Crippen molar-refractivity contribution in [2.45, 2.75) is 126 Å². The van der Waals surface area contributed by atoms with E-state index in [2.05, 4.69) is 23.2 Å². The molecular weight excluding hydrogens is 532 g/mol. The zero-order chi connectivity index (χ0) is 27.7. The van der Waals surface area contributed by atoms with Crippen LogP contribution in [0.25, 0.3) is 0 Å². The summed E-state index contributed by atoms with van der Waals surface area (Å²) < 4.78 is 87.7. The third-order valence-corrected chi connectivity index (χ3v) is 9.07. The third-order valence-electron chi connectivity index (χ3n) is 6.53. The molecule has 0 amide bonds. The summed E-state index contributed by atoms with van der Waals surface area (Å²) in [6, 6.07) is 0. The van der Waals surface area contributed by atoms with Gasteiger partial charge < -0.3 is 5.26 Å². The van der Waals surface area contributed by atoms with Gasteiger partial charge in [0.1, 0.15) is 9.79 Å². The Morgan fingerprint density at radius 1 is 0.703 bits per heavy atom. The van der Waals surface area contributed by atoms with Gasteiger partial charge in [-0.15, -0.1) is 0 Å². The predicted molar refractivity (Wildman–Crippen MR) is 135 cm³/mol. The first-order chi connectivity index (χ1) is 17.7. The van der Waals surface area contributed by atoms with E-state index in [9.17, 15) is 31.2 Å². The van der Waals surface area contributed by atoms with E-state index in [4.69, 9.17) is 0 Å². The summed E-state index contributed by atoms with van der Waals surface area (Å²) in [5.41, 5.74) is 0. The molecule has 0 aliphatic rings. The Bertz CT molecular complexity index is 855. The van der Waals surface area contributed by atoms with Gasteiger partial charge >= 0.3 is 0 Å². The van der Waals surface area contributed by atoms with Crippen LogP contribution in [0, 0.1) is 29.2 Å². The lowest BCUT2D eigenvalue weighted by Crippen LogP contribution is -2.21. The van der Waals surface area contributed by atoms with Crippen molar-refractivity contribution in [2.75, 3.05) is 5.75 Å². The van der Waals surface area contributed by atoms with Gasteiger partial charge in [-0.2, -0.15) is 4.33 Å². The van der Waals surface area contributed by atoms with E-state index in [0.29, 0.717) is 12.8 Å². The number of hydrogen-bond donors (Lipinski definition) is 0. The van der Waals surface area contributed by atoms with Gasteiger partial charge in [0.15, 0.2) is 33.1 Å². The normalized spacial score (nSPS) is 12.8. The number of hydrogen-bond acceptors (Lipinski definition) is 6. The second-order valence-corrected chi connectivity index (χ2v) is 12.3. The smallest absolute Gasteiger partial charge is 0.184 e. The SMILES string of the molecule is CCCCCCCCCCC(CCCCCCCC)CS(=O)(=O)c1c(F)c(F)c(SOO[O-])c(F)c1F. The molecule has 0 bridgehead atoms. The number of unbranched alkanes of at least 4 members (excludes halogenated alkanes) is 12. The van der Waals surface area contributed by atoms with E-state index in [0.717, 1.165) is 64.2 Å². The zero-order valence-electron chi connectivity index (χ0n) is 22.0. The van der Waals surface area contributed by atoms with Crippen LogP contribution in [-0.4, -0.2) is 14.2 Å². The Kier molecular flexibility index (Phi) is 17.7. The quantitative estimate of drug-likeness (QED) is 0.0348. The van der Waals surface area contributed by atoms with E-state index < -0.39 is 48.6 Å². The summed E-state index contributed by atoms with van der Waals surface area (Å²) >= 11 is -0.384. The van der Waals surface area contributed by atoms with Crippen LogP contribution in [0.1, 0.15) is 117 Å². The second kappa shape index (κ2) is 19.2. The first-order valence-corrected chi connectivity index (χ1v) is 15.8. The number of halogens is 4. The maximum absolute atomic E-state index is 14.6. The second-order valence-electron chi connectivity index (χ2n) is 9.60. The van der Waals surface area contributed by atoms with Crippen LogP contribution < -0.4 is 5.26 Å². The monoisotopic (exact) mass is 573 g/mol. The van der Waals surface area contributed by atoms with Gasteiger partial charge in [-0.3, -0.25) is 5.04 Å². The van der Waals surface area contributed by atoms with E-state index in [-0.39, 0.29) is 18.0 Å². The van der Waals surface area contributed by atoms with Crippen LogP contribution in [0.4, 0.5) is 17.6 Å². The Balaban J connectivity index is 2.92. The van der Waals surface area contributed by atoms with Crippen molar-refractivity contribution < 1.29 is 40.6 Å². The van der Waals surface area contributed by atoms with Crippen molar-refractivity contribution in [1.29, 1.82) is 0 Å². The van der Waals surface area contributed by atoms with Gasteiger partial charge in [0.25, 0.3) is 0 Å². The maximum atomic E-state index is 14.6. The molecule has 1 rings (SSSR count). The minimum Gasteiger partial charge on any atom is -0.691 e. The van der Waals surface area contributed by atoms with Crippen LogP contribution in [0.2, 0.25) is 0 Å². The molecule has 0 aliphatic carbocycles. The highest BCUT2D eigenvalue weighted by Crippen LogP contribution is 2.35. The number of benzene rings is 1. The Morgan fingerprint density at radius 3 is 1.51 bits per heavy atom. The Hall–Kier alpha value is -0.880. The molecule has 1 unspecified atom stereocenters. The van der Waals surface area contributed by atoms with Gasteiger partial charge in [0.2, 0.25) is 0 Å². The van der Waals surface area contributed by atoms with Gasteiger partial charge in [0.05, 0.1) is 17.8 Å². The predicted octanol–water partition coefficient (Wildman–Crippen LogP) is 8.14. The molecule has 1 aromatic carbocycles. The molecule has 0 fully saturated rings. The van der Waals surface area contributed by atoms with Crippen molar-refractivity contribution in [1.82, 2.24) is 0 Å². The molecular formula is C26H41F4O5S2-. The molecule has 0 aliphatic heterocycles. The molecule has 216 valence electrons. The molecule has 0 radical (unpaired) electrons. The highest BCUT2D eigenvalue weighted by Gasteiger charge is 2.35. The molecule has 1 atom stereocenters. The van der Waals surface area contributed by atoms with Crippen molar-refractivity contribution in [3.05, 3.63) is 23.3 Å². The lowest BCUT2D eigenvalue weighted by molar-refractivity contribution is -0.777. The topological polar surface area (TPSA) is 75.7 Å². The van der Waals surface area contributed by atoms with Gasteiger partial charge in [-0.25, -0.2) is 26.0 Å². The summed E-state index contributed by atoms with van der Waals surface area (Å²) in [6.45, 7) is 4.27. The fourth-order valence-corrected chi connectivity index (χ4v) is 6.74. The standard InChI is InChI=1S/C26H42F4O5S2/c1-3-5-7-9-11-12-14-16-18-20(17-15-13-10-8-6-4-2)19-37(32,33)26-23(29)21(27)25(36-35-34-31)22(28)24(26)30/h20,31H,3-19H2,1-2H3/p-1. The molecule has 37 heavy (non-hydrogen) atoms. The fourth-order valence-electron chi connectivity index (χ4n) is 4.47. The van der Waals surface area contributed by atoms with Crippen LogP contribution in [0.5, 0.6) is 0 Å². The Labute approximate surface area is 223 Å². The first kappa shape index (κ1) is 34.1. The fraction of sp³-hybridized carbons (Fsp3) is 0.769. The molecule has 0 N–H and O–H groups in total. The van der Waals surface area contributed by atoms with Crippen LogP contribution >= 0.6 is 12.0 Å². The van der Waals surface area contributed by atoms with E-state index in [1.165, 1.54) is 25.7 Å². The summed E-state index contributed by atoms with van der Waals surface area (Å²) in [7, 11) is -4.69. The van der Waals surface area contributed by atoms with Crippen molar-refractivity contribution in [3.8, 4) is 0 Å². The van der Waals surface area contributed by atoms with Crippen molar-refractivity contribution in [3.63, 3.8) is 0 Å². The van der Waals surface area contributed by atoms with Gasteiger partial charge in [0, 0.05) is 0 Å². The lowest BCUT2D eigenvalue weighted by atomic mass is 9.95. The van der Waals surface area contributed by atoms with E-state index in [1.54, 1.807) is 0 Å². The molecule has 0 aromatic heterocycles. The molecule has 5 nitrogen and oxygen atoms in total. The minimum atomic E-state index is -4.69. The van der Waals surface area contributed by atoms with Crippen LogP contribution in [-0.2, 0) is 19.2 Å². The molecule has 0 saturated carbocycles. The first-order valence-electron chi connectivity index (χ1n) is 13.4. The summed E-state index contributed by atoms with van der Waals surface area (Å²) in [5.74, 6) is -8.99. The highest BCUT2D eigenvalue weighted by molar-refractivity contribution is 7.94. The largest absolute Gasteiger partial charge is 0.691 e. The van der Waals surface area contributed by atoms with E-state index in [1.807, 2.05) is 0 Å². The summed E-state index contributed by atoms with van der Waals surface area (Å²) in [5, 5.41) is 12.9. The zero-order valence-corrected chi connectivity index (χ0v) is 23.6. The average Bonchev–Trinajstić information content (AvgIpc) is 2.86. The molecule has 0 spiro atoms. The number of rotatable bonds is 22. The highest BCUT2D eigenvalue weighted by atomic mass is 32.2. The number of sulfone groups is 1. The average molecular weight is 574 g/mol. The molecule has 0 heterocycles. The van der Waals surface area contributed by atoms with Gasteiger partial charge in [-0.1, -0.05) is 104 Å². The van der Waals surface area contributed by atoms with Crippen molar-refractivity contribution in [2.24, 2.45) is 5.92 Å². The molecule has 0 saturated heterocycles. The van der Waals surface area contributed by atoms with Crippen LogP contribution in [0.15, 0.2) is 9.79 Å². The van der Waals surface area contributed by atoms with E-state index >= 15 is 0 Å². The lowest BCUT2D eigenvalue weighted by Gasteiger charge is -2.19. The Morgan fingerprint density at radius 2 is 1.11 bits per heavy atom. The molecule has 11 heteroatoms. The third kappa shape index (κ3) is 12.2. The summed E-state index contributed by atoms with van der Waals surface area (Å²) in [6.07, 6.45) is 15.8. The van der Waals surface area contributed by atoms with Gasteiger partial charge in [-0.05, 0) is 18.8 Å². The summed E-state index contributed by atoms with van der Waals surface area (Å²) in [4.78, 5) is -2.97. The maximum Gasteiger partial charge on any atom is 0.184 e. The minimum absolute atomic E-state index is 0.382.